The highest BCUT2D eigenvalue weighted by Gasteiger charge is 2.30. The highest BCUT2D eigenvalue weighted by molar-refractivity contribution is 7.12. The van der Waals surface area contributed by atoms with Gasteiger partial charge in [0.15, 0.2) is 0 Å². The predicted molar refractivity (Wildman–Crippen MR) is 283 cm³/mol. The number of hydrogen-bond acceptors (Lipinski definition) is 12. The maximum Gasteiger partial charge on any atom is 0.271 e. The van der Waals surface area contributed by atoms with Crippen molar-refractivity contribution >= 4 is 67.7 Å². The summed E-state index contributed by atoms with van der Waals surface area (Å²) in [6.45, 7) is 22.1. The molecule has 6 aromatic rings. The van der Waals surface area contributed by atoms with Crippen LogP contribution in [0.25, 0.3) is 21.8 Å². The van der Waals surface area contributed by atoms with Crippen LogP contribution in [-0.2, 0) is 13.1 Å². The average molecular weight is 981 g/mol. The normalized spacial score (nSPS) is 15.5. The second kappa shape index (κ2) is 22.2. The van der Waals surface area contributed by atoms with E-state index in [4.69, 9.17) is 0 Å². The van der Waals surface area contributed by atoms with Gasteiger partial charge in [-0.15, -0.1) is 22.7 Å². The number of piperazine rings is 2. The highest BCUT2D eigenvalue weighted by atomic mass is 32.1. The first-order valence-electron chi connectivity index (χ1n) is 24.6. The van der Waals surface area contributed by atoms with Crippen LogP contribution in [0.3, 0.4) is 0 Å². The first-order valence-corrected chi connectivity index (χ1v) is 26.3. The molecule has 9 rings (SSSR count). The van der Waals surface area contributed by atoms with Gasteiger partial charge in [0.25, 0.3) is 22.9 Å². The minimum absolute atomic E-state index is 0.0427. The molecule has 3 aliphatic rings. The number of amides is 2. The van der Waals surface area contributed by atoms with Gasteiger partial charge in [-0.05, 0) is 115 Å². The molecule has 0 saturated carbocycles. The highest BCUT2D eigenvalue weighted by Crippen LogP contribution is 2.33. The topological polar surface area (TPSA) is 145 Å². The van der Waals surface area contributed by atoms with Crippen molar-refractivity contribution in [2.75, 3.05) is 88.3 Å². The molecular formula is C54H64N10O4S2. The van der Waals surface area contributed by atoms with E-state index in [0.717, 1.165) is 68.9 Å². The lowest BCUT2D eigenvalue weighted by Gasteiger charge is -2.37. The number of benzene rings is 2. The lowest BCUT2D eigenvalue weighted by molar-refractivity contribution is 0.0744. The molecule has 0 radical (unpaired) electrons. The molecule has 0 N–H and O–H groups in total. The maximum atomic E-state index is 13.7. The number of pyridine rings is 2. The summed E-state index contributed by atoms with van der Waals surface area (Å²) in [4.78, 5) is 67.0. The van der Waals surface area contributed by atoms with Crippen LogP contribution in [0.2, 0.25) is 0 Å². The SMILES string of the molecule is Cc1ccc2c(c1)c(N1CCN(C(=O)c3cccs3)CC1)c(C#N)c(=O)n2CCN(C(C)C)C(C)C.Cc1ccc2c(c1)c(N1CCN(C(=O)c3cccs3)CC1)c(C#N)c(=O)n2CCN1CCCC1. The number of anilines is 2. The summed E-state index contributed by atoms with van der Waals surface area (Å²) >= 11 is 2.90. The number of likely N-dealkylation sites (tertiary alicyclic amines) is 1. The second-order valence-electron chi connectivity index (χ2n) is 19.1. The van der Waals surface area contributed by atoms with Crippen LogP contribution >= 0.6 is 22.7 Å². The fourth-order valence-corrected chi connectivity index (χ4v) is 11.7. The Morgan fingerprint density at radius 3 is 1.41 bits per heavy atom. The van der Waals surface area contributed by atoms with Gasteiger partial charge in [0.2, 0.25) is 0 Å². The van der Waals surface area contributed by atoms with Gasteiger partial charge in [-0.3, -0.25) is 24.1 Å². The third-order valence-electron chi connectivity index (χ3n) is 14.0. The quantitative estimate of drug-likeness (QED) is 0.120. The fraction of sp³-hybridized carbons (Fsp3) is 0.444. The van der Waals surface area contributed by atoms with Gasteiger partial charge in [0, 0.05) is 101 Å². The van der Waals surface area contributed by atoms with Gasteiger partial charge >= 0.3 is 0 Å². The fourth-order valence-electron chi connectivity index (χ4n) is 10.4. The van der Waals surface area contributed by atoms with Crippen molar-refractivity contribution in [2.24, 2.45) is 0 Å². The van der Waals surface area contributed by atoms with E-state index in [1.165, 1.54) is 35.5 Å². The molecular weight excluding hydrogens is 917 g/mol. The molecule has 7 heterocycles. The Kier molecular flexibility index (Phi) is 15.9. The molecule has 0 bridgehead atoms. The van der Waals surface area contributed by atoms with E-state index in [-0.39, 0.29) is 34.1 Å². The minimum Gasteiger partial charge on any atom is -0.366 e. The van der Waals surface area contributed by atoms with Crippen LogP contribution in [0.1, 0.15) is 82.1 Å². The number of aromatic nitrogens is 2. The number of aryl methyl sites for hydroxylation is 2. The Bertz CT molecular complexity index is 3030. The molecule has 0 aliphatic carbocycles. The number of rotatable bonds is 12. The largest absolute Gasteiger partial charge is 0.366 e. The molecule has 366 valence electrons. The van der Waals surface area contributed by atoms with Crippen LogP contribution < -0.4 is 20.9 Å². The molecule has 2 amide bonds. The van der Waals surface area contributed by atoms with Crippen LogP contribution in [0, 0.1) is 36.5 Å². The minimum atomic E-state index is -0.242. The van der Waals surface area contributed by atoms with Gasteiger partial charge in [-0.2, -0.15) is 10.5 Å². The summed E-state index contributed by atoms with van der Waals surface area (Å²) in [6, 6.07) is 24.9. The number of nitriles is 2. The third-order valence-corrected chi connectivity index (χ3v) is 15.7. The Hall–Kier alpha value is -6.30. The monoisotopic (exact) mass is 980 g/mol. The Morgan fingerprint density at radius 2 is 1.03 bits per heavy atom. The first-order chi connectivity index (χ1) is 33.8. The molecule has 3 fully saturated rings. The van der Waals surface area contributed by atoms with Crippen molar-refractivity contribution in [3.8, 4) is 12.1 Å². The summed E-state index contributed by atoms with van der Waals surface area (Å²) in [5, 5.41) is 25.9. The van der Waals surface area contributed by atoms with Crippen molar-refractivity contribution in [1.29, 1.82) is 10.5 Å². The zero-order chi connectivity index (χ0) is 49.6. The predicted octanol–water partition coefficient (Wildman–Crippen LogP) is 7.63. The summed E-state index contributed by atoms with van der Waals surface area (Å²) in [5.41, 5.74) is 5.24. The number of thiophene rings is 2. The Labute approximate surface area is 418 Å². The molecule has 0 spiro atoms. The van der Waals surface area contributed by atoms with E-state index < -0.39 is 0 Å². The number of hydrogen-bond donors (Lipinski definition) is 0. The molecule has 3 aliphatic heterocycles. The van der Waals surface area contributed by atoms with Crippen molar-refractivity contribution in [3.63, 3.8) is 0 Å². The molecule has 2 aromatic carbocycles. The zero-order valence-electron chi connectivity index (χ0n) is 41.3. The van der Waals surface area contributed by atoms with Crippen LogP contribution in [-0.4, -0.2) is 131 Å². The van der Waals surface area contributed by atoms with Crippen LogP contribution in [0.15, 0.2) is 81.0 Å². The Balaban J connectivity index is 0.000000188. The van der Waals surface area contributed by atoms with Crippen molar-refractivity contribution in [2.45, 2.75) is 79.6 Å². The van der Waals surface area contributed by atoms with Gasteiger partial charge < -0.3 is 33.6 Å². The van der Waals surface area contributed by atoms with E-state index in [9.17, 15) is 29.7 Å². The maximum absolute atomic E-state index is 13.7. The Morgan fingerprint density at radius 1 is 0.600 bits per heavy atom. The van der Waals surface area contributed by atoms with Crippen molar-refractivity contribution in [1.82, 2.24) is 28.7 Å². The molecule has 14 nitrogen and oxygen atoms in total. The second-order valence-corrected chi connectivity index (χ2v) is 21.0. The number of nitrogens with zero attached hydrogens (tertiary/aromatic N) is 10. The van der Waals surface area contributed by atoms with E-state index >= 15 is 0 Å². The number of carbonyl (C=O) groups is 2. The summed E-state index contributed by atoms with van der Waals surface area (Å²) in [5.74, 6) is 0.0920. The van der Waals surface area contributed by atoms with E-state index in [1.807, 2.05) is 82.9 Å². The van der Waals surface area contributed by atoms with Crippen LogP contribution in [0.4, 0.5) is 11.4 Å². The van der Waals surface area contributed by atoms with E-state index in [1.54, 1.807) is 9.13 Å². The smallest absolute Gasteiger partial charge is 0.271 e. The average Bonchev–Trinajstić information content (AvgIpc) is 4.20. The van der Waals surface area contributed by atoms with Gasteiger partial charge in [0.1, 0.15) is 23.3 Å². The third kappa shape index (κ3) is 10.6. The van der Waals surface area contributed by atoms with Gasteiger partial charge in [-0.1, -0.05) is 35.4 Å². The zero-order valence-corrected chi connectivity index (χ0v) is 43.0. The van der Waals surface area contributed by atoms with Crippen molar-refractivity contribution in [3.05, 3.63) is 124 Å². The summed E-state index contributed by atoms with van der Waals surface area (Å²) in [6.07, 6.45) is 2.41. The van der Waals surface area contributed by atoms with E-state index in [2.05, 4.69) is 71.6 Å². The first kappa shape index (κ1) is 50.1. The lowest BCUT2D eigenvalue weighted by Crippen LogP contribution is -2.49. The lowest BCUT2D eigenvalue weighted by atomic mass is 10.0. The van der Waals surface area contributed by atoms with Gasteiger partial charge in [0.05, 0.1) is 32.2 Å². The number of carbonyl (C=O) groups excluding carboxylic acids is 2. The molecule has 16 heteroatoms. The molecule has 0 unspecified atom stereocenters. The summed E-state index contributed by atoms with van der Waals surface area (Å²) < 4.78 is 3.55. The molecule has 4 aromatic heterocycles. The number of fused-ring (bicyclic) bond motifs is 2. The van der Waals surface area contributed by atoms with Gasteiger partial charge in [-0.25, -0.2) is 0 Å². The van der Waals surface area contributed by atoms with Crippen LogP contribution in [0.5, 0.6) is 0 Å². The summed E-state index contributed by atoms with van der Waals surface area (Å²) in [7, 11) is 0. The molecule has 70 heavy (non-hydrogen) atoms. The molecule has 3 saturated heterocycles. The van der Waals surface area contributed by atoms with Crippen molar-refractivity contribution < 1.29 is 9.59 Å². The van der Waals surface area contributed by atoms with E-state index in [0.29, 0.717) is 88.9 Å². The molecule has 0 atom stereocenters. The standard InChI is InChI=1S/C28H35N5O2S.C26H29N5O2S/c1-19(2)32(20(3)4)14-15-33-24-9-8-21(5)17-22(24)26(23(18-29)27(33)34)30-10-12-31(13-11-30)28(35)25-7-6-16-36-25;1-19-6-7-22-20(17-19)24(21(18-27)25(32)31(22)15-10-28-8-2-3-9-28)29-11-13-30(14-12-29)26(33)23-5-4-16-34-23/h6-9,16-17,19-20H,10-15H2,1-5H3;4-7,16-17H,2-3,8-15H2,1H3.